The topological polar surface area (TPSA) is 49.3 Å². The minimum absolute atomic E-state index is 0.0672. The molecule has 1 aromatic carbocycles. The van der Waals surface area contributed by atoms with Crippen molar-refractivity contribution < 1.29 is 9.90 Å². The summed E-state index contributed by atoms with van der Waals surface area (Å²) in [6.45, 7) is 4.62. The van der Waals surface area contributed by atoms with E-state index in [0.29, 0.717) is 18.7 Å². The molecule has 3 nitrogen and oxygen atoms in total. The highest BCUT2D eigenvalue weighted by atomic mass is 16.3. The van der Waals surface area contributed by atoms with E-state index in [0.717, 1.165) is 16.7 Å². The van der Waals surface area contributed by atoms with Gasteiger partial charge < -0.3 is 10.4 Å². The largest absolute Gasteiger partial charge is 0.508 e. The van der Waals surface area contributed by atoms with Crippen molar-refractivity contribution in [1.29, 1.82) is 0 Å². The van der Waals surface area contributed by atoms with E-state index in [9.17, 15) is 9.90 Å². The van der Waals surface area contributed by atoms with Gasteiger partial charge in [-0.1, -0.05) is 6.07 Å². The minimum atomic E-state index is 0.0672. The lowest BCUT2D eigenvalue weighted by Gasteiger charge is -2.12. The van der Waals surface area contributed by atoms with Crippen LogP contribution in [0.2, 0.25) is 0 Å². The van der Waals surface area contributed by atoms with Crippen LogP contribution in [0.5, 0.6) is 5.75 Å². The first-order chi connectivity index (χ1) is 7.08. The third-order valence-corrected chi connectivity index (χ3v) is 3.06. The van der Waals surface area contributed by atoms with Crippen LogP contribution in [0.15, 0.2) is 12.1 Å². The Morgan fingerprint density at radius 3 is 2.60 bits per heavy atom. The first kappa shape index (κ1) is 10.0. The van der Waals surface area contributed by atoms with Crippen LogP contribution < -0.4 is 5.32 Å². The minimum Gasteiger partial charge on any atom is -0.508 e. The standard InChI is InChI=1S/C12H15NO2/c1-7-3-10(11(14)4-8(7)2)9-5-12(15)13-6-9/h3-4,9,14H,5-6H2,1-2H3,(H,13,15). The zero-order valence-electron chi connectivity index (χ0n) is 9.00. The maximum atomic E-state index is 11.1. The monoisotopic (exact) mass is 205 g/mol. The van der Waals surface area contributed by atoms with Crippen molar-refractivity contribution in [3.63, 3.8) is 0 Å². The fourth-order valence-electron chi connectivity index (χ4n) is 1.98. The van der Waals surface area contributed by atoms with Gasteiger partial charge in [0.1, 0.15) is 5.75 Å². The summed E-state index contributed by atoms with van der Waals surface area (Å²) in [5, 5.41) is 12.6. The molecule has 2 N–H and O–H groups in total. The molecule has 1 heterocycles. The van der Waals surface area contributed by atoms with E-state index >= 15 is 0 Å². The molecule has 15 heavy (non-hydrogen) atoms. The smallest absolute Gasteiger partial charge is 0.220 e. The highest BCUT2D eigenvalue weighted by Gasteiger charge is 2.25. The Bertz CT molecular complexity index is 412. The molecule has 1 saturated heterocycles. The molecule has 1 aliphatic rings. The van der Waals surface area contributed by atoms with Gasteiger partial charge in [-0.2, -0.15) is 0 Å². The van der Waals surface area contributed by atoms with Crippen LogP contribution in [0.25, 0.3) is 0 Å². The quantitative estimate of drug-likeness (QED) is 0.731. The third kappa shape index (κ3) is 1.82. The van der Waals surface area contributed by atoms with Crippen molar-refractivity contribution in [2.24, 2.45) is 0 Å². The van der Waals surface area contributed by atoms with Crippen LogP contribution in [0, 0.1) is 13.8 Å². The lowest BCUT2D eigenvalue weighted by Crippen LogP contribution is -2.13. The number of carbonyl (C=O) groups is 1. The number of rotatable bonds is 1. The van der Waals surface area contributed by atoms with Gasteiger partial charge >= 0.3 is 0 Å². The van der Waals surface area contributed by atoms with Crippen molar-refractivity contribution in [2.75, 3.05) is 6.54 Å². The number of phenolic OH excluding ortho intramolecular Hbond substituents is 1. The molecule has 1 aromatic rings. The number of benzene rings is 1. The van der Waals surface area contributed by atoms with E-state index in [4.69, 9.17) is 0 Å². The van der Waals surface area contributed by atoms with E-state index in [2.05, 4.69) is 5.32 Å². The van der Waals surface area contributed by atoms with Crippen LogP contribution in [-0.2, 0) is 4.79 Å². The number of aryl methyl sites for hydroxylation is 2. The van der Waals surface area contributed by atoms with Gasteiger partial charge in [0.2, 0.25) is 5.91 Å². The van der Waals surface area contributed by atoms with Crippen molar-refractivity contribution in [2.45, 2.75) is 26.2 Å². The molecule has 1 fully saturated rings. The van der Waals surface area contributed by atoms with Crippen molar-refractivity contribution in [1.82, 2.24) is 5.32 Å². The molecule has 0 spiro atoms. The Hall–Kier alpha value is -1.51. The molecule has 0 bridgehead atoms. The van der Waals surface area contributed by atoms with Gasteiger partial charge in [0.15, 0.2) is 0 Å². The van der Waals surface area contributed by atoms with E-state index < -0.39 is 0 Å². The summed E-state index contributed by atoms with van der Waals surface area (Å²) in [4.78, 5) is 11.1. The molecular weight excluding hydrogens is 190 g/mol. The number of hydrogen-bond acceptors (Lipinski definition) is 2. The van der Waals surface area contributed by atoms with E-state index in [1.165, 1.54) is 0 Å². The first-order valence-corrected chi connectivity index (χ1v) is 5.14. The Morgan fingerprint density at radius 1 is 1.33 bits per heavy atom. The predicted molar refractivity (Wildman–Crippen MR) is 57.9 cm³/mol. The van der Waals surface area contributed by atoms with E-state index in [1.807, 2.05) is 19.9 Å². The van der Waals surface area contributed by atoms with Gasteiger partial charge in [0.25, 0.3) is 0 Å². The second-order valence-corrected chi connectivity index (χ2v) is 4.20. The highest BCUT2D eigenvalue weighted by molar-refractivity contribution is 5.79. The molecule has 3 heteroatoms. The molecule has 0 aliphatic carbocycles. The highest BCUT2D eigenvalue weighted by Crippen LogP contribution is 2.32. The zero-order valence-corrected chi connectivity index (χ0v) is 9.00. The van der Waals surface area contributed by atoms with Crippen molar-refractivity contribution in [3.05, 3.63) is 28.8 Å². The summed E-state index contributed by atoms with van der Waals surface area (Å²) in [7, 11) is 0. The molecule has 80 valence electrons. The fourth-order valence-corrected chi connectivity index (χ4v) is 1.98. The Kier molecular flexibility index (Phi) is 2.39. The van der Waals surface area contributed by atoms with Gasteiger partial charge in [-0.25, -0.2) is 0 Å². The van der Waals surface area contributed by atoms with Crippen LogP contribution >= 0.6 is 0 Å². The summed E-state index contributed by atoms with van der Waals surface area (Å²) in [5.41, 5.74) is 3.12. The van der Waals surface area contributed by atoms with Gasteiger partial charge in [0, 0.05) is 18.9 Å². The number of carbonyl (C=O) groups excluding carboxylic acids is 1. The number of hydrogen-bond donors (Lipinski definition) is 2. The molecule has 0 saturated carbocycles. The second kappa shape index (κ2) is 3.57. The zero-order chi connectivity index (χ0) is 11.0. The lowest BCUT2D eigenvalue weighted by atomic mass is 9.94. The SMILES string of the molecule is Cc1cc(O)c(C2CNC(=O)C2)cc1C. The second-order valence-electron chi connectivity index (χ2n) is 4.20. The third-order valence-electron chi connectivity index (χ3n) is 3.06. The fraction of sp³-hybridized carbons (Fsp3) is 0.417. The summed E-state index contributed by atoms with van der Waals surface area (Å²) in [5.74, 6) is 0.494. The first-order valence-electron chi connectivity index (χ1n) is 5.14. The normalized spacial score (nSPS) is 20.4. The molecule has 1 amide bonds. The number of nitrogens with one attached hydrogen (secondary N) is 1. The van der Waals surface area contributed by atoms with Crippen LogP contribution in [-0.4, -0.2) is 17.6 Å². The molecule has 1 aliphatic heterocycles. The molecule has 0 radical (unpaired) electrons. The summed E-state index contributed by atoms with van der Waals surface area (Å²) >= 11 is 0. The van der Waals surface area contributed by atoms with Crippen LogP contribution in [0.1, 0.15) is 29.0 Å². The van der Waals surface area contributed by atoms with Gasteiger partial charge in [-0.3, -0.25) is 4.79 Å². The Morgan fingerprint density at radius 2 is 2.00 bits per heavy atom. The van der Waals surface area contributed by atoms with Gasteiger partial charge in [-0.15, -0.1) is 0 Å². The maximum absolute atomic E-state index is 11.1. The summed E-state index contributed by atoms with van der Waals surface area (Å²) in [6, 6.07) is 3.75. The lowest BCUT2D eigenvalue weighted by molar-refractivity contribution is -0.119. The number of phenols is 1. The molecule has 2 rings (SSSR count). The van der Waals surface area contributed by atoms with Gasteiger partial charge in [0.05, 0.1) is 0 Å². The molecule has 1 unspecified atom stereocenters. The van der Waals surface area contributed by atoms with E-state index in [-0.39, 0.29) is 11.8 Å². The van der Waals surface area contributed by atoms with Crippen molar-refractivity contribution >= 4 is 5.91 Å². The predicted octanol–water partition coefficient (Wildman–Crippen LogP) is 1.61. The summed E-state index contributed by atoms with van der Waals surface area (Å²) in [6.07, 6.45) is 0.482. The maximum Gasteiger partial charge on any atom is 0.220 e. The van der Waals surface area contributed by atoms with Crippen molar-refractivity contribution in [3.8, 4) is 5.75 Å². The number of amides is 1. The van der Waals surface area contributed by atoms with Gasteiger partial charge in [-0.05, 0) is 36.6 Å². The molecule has 0 aromatic heterocycles. The molecule has 1 atom stereocenters. The Balaban J connectivity index is 2.36. The average molecular weight is 205 g/mol. The number of aromatic hydroxyl groups is 1. The average Bonchev–Trinajstić information content (AvgIpc) is 2.58. The molecular formula is C12H15NO2. The summed E-state index contributed by atoms with van der Waals surface area (Å²) < 4.78 is 0. The van der Waals surface area contributed by atoms with Crippen LogP contribution in [0.3, 0.4) is 0 Å². The Labute approximate surface area is 89.1 Å². The van der Waals surface area contributed by atoms with Crippen LogP contribution in [0.4, 0.5) is 0 Å². The van der Waals surface area contributed by atoms with E-state index in [1.54, 1.807) is 6.07 Å².